The fourth-order valence-corrected chi connectivity index (χ4v) is 1.35. The van der Waals surface area contributed by atoms with E-state index in [-0.39, 0.29) is 12.0 Å². The normalized spacial score (nSPS) is 15.4. The molecule has 0 saturated carbocycles. The van der Waals surface area contributed by atoms with Crippen molar-refractivity contribution < 1.29 is 9.84 Å². The summed E-state index contributed by atoms with van der Waals surface area (Å²) in [6.45, 7) is 8.45. The van der Waals surface area contributed by atoms with Crippen LogP contribution in [0.2, 0.25) is 0 Å². The minimum Gasteiger partial charge on any atom is -0.492 e. The SMILES string of the molecule is CC(N)(CO)COc1cccc(C(C)(C)C)c1. The van der Waals surface area contributed by atoms with E-state index in [1.165, 1.54) is 5.56 Å². The van der Waals surface area contributed by atoms with Gasteiger partial charge in [0.2, 0.25) is 0 Å². The maximum Gasteiger partial charge on any atom is 0.119 e. The highest BCUT2D eigenvalue weighted by Crippen LogP contribution is 2.25. The maximum atomic E-state index is 9.05. The van der Waals surface area contributed by atoms with Gasteiger partial charge >= 0.3 is 0 Å². The van der Waals surface area contributed by atoms with Crippen molar-refractivity contribution in [3.05, 3.63) is 29.8 Å². The zero-order chi connectivity index (χ0) is 13.1. The summed E-state index contributed by atoms with van der Waals surface area (Å²) in [7, 11) is 0. The molecule has 0 amide bonds. The van der Waals surface area contributed by atoms with Crippen LogP contribution in [0.1, 0.15) is 33.3 Å². The van der Waals surface area contributed by atoms with Gasteiger partial charge in [-0.3, -0.25) is 0 Å². The summed E-state index contributed by atoms with van der Waals surface area (Å²) in [5, 5.41) is 9.05. The number of benzene rings is 1. The Morgan fingerprint density at radius 3 is 2.41 bits per heavy atom. The zero-order valence-electron chi connectivity index (χ0n) is 11.2. The Bertz CT molecular complexity index is 367. The van der Waals surface area contributed by atoms with Crippen LogP contribution in [0, 0.1) is 0 Å². The molecule has 0 aliphatic carbocycles. The van der Waals surface area contributed by atoms with Crippen LogP contribution in [0.25, 0.3) is 0 Å². The molecule has 17 heavy (non-hydrogen) atoms. The number of rotatable bonds is 4. The molecule has 3 nitrogen and oxygen atoms in total. The van der Waals surface area contributed by atoms with Gasteiger partial charge < -0.3 is 15.6 Å². The smallest absolute Gasteiger partial charge is 0.119 e. The van der Waals surface area contributed by atoms with Gasteiger partial charge in [-0.1, -0.05) is 32.9 Å². The first-order valence-corrected chi connectivity index (χ1v) is 5.88. The summed E-state index contributed by atoms with van der Waals surface area (Å²) in [6.07, 6.45) is 0. The van der Waals surface area contributed by atoms with Crippen LogP contribution in [-0.4, -0.2) is 23.9 Å². The number of aliphatic hydroxyl groups is 1. The number of aliphatic hydroxyl groups excluding tert-OH is 1. The van der Waals surface area contributed by atoms with Gasteiger partial charge in [0.05, 0.1) is 12.1 Å². The van der Waals surface area contributed by atoms with Crippen LogP contribution in [0.4, 0.5) is 0 Å². The topological polar surface area (TPSA) is 55.5 Å². The number of hydrogen-bond acceptors (Lipinski definition) is 3. The lowest BCUT2D eigenvalue weighted by molar-refractivity contribution is 0.146. The van der Waals surface area contributed by atoms with Gasteiger partial charge in [0.1, 0.15) is 12.4 Å². The lowest BCUT2D eigenvalue weighted by Gasteiger charge is -2.23. The van der Waals surface area contributed by atoms with Gasteiger partial charge in [-0.05, 0) is 30.0 Å². The third-order valence-electron chi connectivity index (χ3n) is 2.63. The molecule has 1 aromatic carbocycles. The van der Waals surface area contributed by atoms with E-state index in [2.05, 4.69) is 26.8 Å². The zero-order valence-corrected chi connectivity index (χ0v) is 11.2. The first-order chi connectivity index (χ1) is 7.74. The molecule has 0 heterocycles. The van der Waals surface area contributed by atoms with Crippen LogP contribution in [-0.2, 0) is 5.41 Å². The fourth-order valence-electron chi connectivity index (χ4n) is 1.35. The van der Waals surface area contributed by atoms with Crippen molar-refractivity contribution in [1.82, 2.24) is 0 Å². The van der Waals surface area contributed by atoms with Crippen molar-refractivity contribution >= 4 is 0 Å². The van der Waals surface area contributed by atoms with Crippen LogP contribution >= 0.6 is 0 Å². The average Bonchev–Trinajstić information content (AvgIpc) is 2.26. The van der Waals surface area contributed by atoms with Crippen LogP contribution in [0.5, 0.6) is 5.75 Å². The Balaban J connectivity index is 2.74. The predicted octanol–water partition coefficient (Wildman–Crippen LogP) is 2.07. The van der Waals surface area contributed by atoms with Crippen molar-refractivity contribution in [3.63, 3.8) is 0 Å². The van der Waals surface area contributed by atoms with Gasteiger partial charge in [0.15, 0.2) is 0 Å². The Labute approximate surface area is 104 Å². The van der Waals surface area contributed by atoms with E-state index in [0.717, 1.165) is 5.75 Å². The summed E-state index contributed by atoms with van der Waals surface area (Å²) in [5.41, 5.74) is 6.44. The third-order valence-corrected chi connectivity index (χ3v) is 2.63. The highest BCUT2D eigenvalue weighted by molar-refractivity contribution is 5.32. The molecule has 0 saturated heterocycles. The Morgan fingerprint density at radius 1 is 1.24 bits per heavy atom. The van der Waals surface area contributed by atoms with Crippen molar-refractivity contribution in [2.45, 2.75) is 38.6 Å². The Morgan fingerprint density at radius 2 is 1.88 bits per heavy atom. The first-order valence-electron chi connectivity index (χ1n) is 5.88. The van der Waals surface area contributed by atoms with Gasteiger partial charge in [-0.15, -0.1) is 0 Å². The van der Waals surface area contributed by atoms with Crippen LogP contribution < -0.4 is 10.5 Å². The molecule has 0 spiro atoms. The monoisotopic (exact) mass is 237 g/mol. The molecule has 0 aliphatic heterocycles. The third kappa shape index (κ3) is 4.36. The second kappa shape index (κ2) is 5.07. The fraction of sp³-hybridized carbons (Fsp3) is 0.571. The molecule has 3 heteroatoms. The van der Waals surface area contributed by atoms with Crippen molar-refractivity contribution in [2.75, 3.05) is 13.2 Å². The molecule has 0 aliphatic rings. The number of ether oxygens (including phenoxy) is 1. The lowest BCUT2D eigenvalue weighted by Crippen LogP contribution is -2.45. The Kier molecular flexibility index (Phi) is 4.17. The largest absolute Gasteiger partial charge is 0.492 e. The minimum atomic E-state index is -0.697. The molecular weight excluding hydrogens is 214 g/mol. The van der Waals surface area contributed by atoms with Gasteiger partial charge in [0.25, 0.3) is 0 Å². The molecule has 1 rings (SSSR count). The maximum absolute atomic E-state index is 9.05. The minimum absolute atomic E-state index is 0.0913. The highest BCUT2D eigenvalue weighted by Gasteiger charge is 2.19. The molecule has 0 fully saturated rings. The van der Waals surface area contributed by atoms with Crippen molar-refractivity contribution in [3.8, 4) is 5.75 Å². The summed E-state index contributed by atoms with van der Waals surface area (Å²) in [6, 6.07) is 7.99. The molecule has 0 radical (unpaired) electrons. The van der Waals surface area contributed by atoms with E-state index in [1.54, 1.807) is 6.92 Å². The summed E-state index contributed by atoms with van der Waals surface area (Å²) >= 11 is 0. The van der Waals surface area contributed by atoms with Crippen LogP contribution in [0.15, 0.2) is 24.3 Å². The molecule has 0 bridgehead atoms. The van der Waals surface area contributed by atoms with E-state index in [4.69, 9.17) is 15.6 Å². The molecule has 0 aromatic heterocycles. The molecule has 3 N–H and O–H groups in total. The van der Waals surface area contributed by atoms with Crippen LogP contribution in [0.3, 0.4) is 0 Å². The van der Waals surface area contributed by atoms with Gasteiger partial charge in [-0.2, -0.15) is 0 Å². The van der Waals surface area contributed by atoms with E-state index < -0.39 is 5.54 Å². The van der Waals surface area contributed by atoms with Crippen molar-refractivity contribution in [1.29, 1.82) is 0 Å². The van der Waals surface area contributed by atoms with E-state index in [0.29, 0.717) is 6.61 Å². The Hall–Kier alpha value is -1.06. The second-order valence-electron chi connectivity index (χ2n) is 5.88. The highest BCUT2D eigenvalue weighted by atomic mass is 16.5. The first kappa shape index (κ1) is 14.0. The number of hydrogen-bond donors (Lipinski definition) is 2. The molecule has 1 unspecified atom stereocenters. The standard InChI is InChI=1S/C14H23NO2/c1-13(2,3)11-6-5-7-12(8-11)17-10-14(4,15)9-16/h5-8,16H,9-10,15H2,1-4H3. The van der Waals surface area contributed by atoms with Crippen molar-refractivity contribution in [2.24, 2.45) is 5.73 Å². The molecule has 1 atom stereocenters. The lowest BCUT2D eigenvalue weighted by atomic mass is 9.87. The van der Waals surface area contributed by atoms with Gasteiger partial charge in [0, 0.05) is 0 Å². The summed E-state index contributed by atoms with van der Waals surface area (Å²) in [4.78, 5) is 0. The average molecular weight is 237 g/mol. The quantitative estimate of drug-likeness (QED) is 0.843. The van der Waals surface area contributed by atoms with Gasteiger partial charge in [-0.25, -0.2) is 0 Å². The number of nitrogens with two attached hydrogens (primary N) is 1. The second-order valence-corrected chi connectivity index (χ2v) is 5.88. The predicted molar refractivity (Wildman–Crippen MR) is 70.3 cm³/mol. The van der Waals surface area contributed by atoms with E-state index >= 15 is 0 Å². The molecular formula is C14H23NO2. The van der Waals surface area contributed by atoms with E-state index in [1.807, 2.05) is 18.2 Å². The van der Waals surface area contributed by atoms with E-state index in [9.17, 15) is 0 Å². The molecule has 1 aromatic rings. The summed E-state index contributed by atoms with van der Waals surface area (Å²) in [5.74, 6) is 0.794. The molecule has 96 valence electrons. The summed E-state index contributed by atoms with van der Waals surface area (Å²) < 4.78 is 5.61.